The molecule has 2 aliphatic rings. The average Bonchev–Trinajstić information content (AvgIpc) is 3.14. The summed E-state index contributed by atoms with van der Waals surface area (Å²) in [6.45, 7) is 6.45. The van der Waals surface area contributed by atoms with Crippen molar-refractivity contribution in [2.45, 2.75) is 32.2 Å². The molecule has 1 aliphatic carbocycles. The molecular formula is C13H21N5. The van der Waals surface area contributed by atoms with Crippen LogP contribution in [0.4, 0.5) is 11.8 Å². The van der Waals surface area contributed by atoms with Crippen molar-refractivity contribution in [2.24, 2.45) is 0 Å². The van der Waals surface area contributed by atoms with Crippen LogP contribution in [0, 0.1) is 6.92 Å². The van der Waals surface area contributed by atoms with Crippen molar-refractivity contribution in [3.63, 3.8) is 0 Å². The molecule has 0 radical (unpaired) electrons. The fourth-order valence-corrected chi connectivity index (χ4v) is 2.71. The highest BCUT2D eigenvalue weighted by atomic mass is 15.3. The molecule has 2 fully saturated rings. The van der Waals surface area contributed by atoms with E-state index in [0.717, 1.165) is 37.2 Å². The molecule has 1 saturated carbocycles. The zero-order valence-electron chi connectivity index (χ0n) is 11.0. The van der Waals surface area contributed by atoms with Crippen LogP contribution in [0.3, 0.4) is 0 Å². The second-order valence-electron chi connectivity index (χ2n) is 5.33. The Kier molecular flexibility index (Phi) is 3.07. The van der Waals surface area contributed by atoms with Gasteiger partial charge in [0.05, 0.1) is 0 Å². The lowest BCUT2D eigenvalue weighted by molar-refractivity contribution is 0.283. The summed E-state index contributed by atoms with van der Waals surface area (Å²) in [6, 6.07) is 2.89. The lowest BCUT2D eigenvalue weighted by Crippen LogP contribution is -2.32. The molecule has 0 atom stereocenters. The molecule has 5 heteroatoms. The maximum absolute atomic E-state index is 5.73. The van der Waals surface area contributed by atoms with Gasteiger partial charge in [-0.25, -0.2) is 4.98 Å². The zero-order valence-corrected chi connectivity index (χ0v) is 11.0. The molecule has 0 spiro atoms. The summed E-state index contributed by atoms with van der Waals surface area (Å²) in [5, 5.41) is 0. The van der Waals surface area contributed by atoms with Crippen LogP contribution < -0.4 is 10.6 Å². The van der Waals surface area contributed by atoms with E-state index < -0.39 is 0 Å². The summed E-state index contributed by atoms with van der Waals surface area (Å²) in [4.78, 5) is 13.5. The summed E-state index contributed by atoms with van der Waals surface area (Å²) in [7, 11) is 0. The first-order valence-electron chi connectivity index (χ1n) is 6.82. The Balaban J connectivity index is 1.71. The Hall–Kier alpha value is -1.36. The molecular weight excluding hydrogens is 226 g/mol. The molecule has 2 N–H and O–H groups in total. The largest absolute Gasteiger partial charge is 0.368 e. The number of aromatic nitrogens is 2. The van der Waals surface area contributed by atoms with E-state index in [2.05, 4.69) is 19.8 Å². The predicted molar refractivity (Wildman–Crippen MR) is 72.6 cm³/mol. The normalized spacial score (nSPS) is 21.9. The fourth-order valence-electron chi connectivity index (χ4n) is 2.71. The highest BCUT2D eigenvalue weighted by Gasteiger charge is 2.30. The zero-order chi connectivity index (χ0) is 12.5. The van der Waals surface area contributed by atoms with Gasteiger partial charge in [-0.3, -0.25) is 4.90 Å². The van der Waals surface area contributed by atoms with E-state index in [4.69, 9.17) is 5.73 Å². The summed E-state index contributed by atoms with van der Waals surface area (Å²) >= 11 is 0. The van der Waals surface area contributed by atoms with Crippen LogP contribution in [-0.2, 0) is 0 Å². The number of nitrogen functional groups attached to an aromatic ring is 1. The van der Waals surface area contributed by atoms with Crippen LogP contribution in [0.2, 0.25) is 0 Å². The minimum Gasteiger partial charge on any atom is -0.368 e. The van der Waals surface area contributed by atoms with E-state index in [1.165, 1.54) is 25.8 Å². The van der Waals surface area contributed by atoms with E-state index in [1.54, 1.807) is 0 Å². The molecule has 2 heterocycles. The topological polar surface area (TPSA) is 58.3 Å². The van der Waals surface area contributed by atoms with Gasteiger partial charge in [0.1, 0.15) is 5.82 Å². The molecule has 98 valence electrons. The Morgan fingerprint density at radius 3 is 2.72 bits per heavy atom. The Morgan fingerprint density at radius 2 is 2.00 bits per heavy atom. The van der Waals surface area contributed by atoms with Crippen LogP contribution >= 0.6 is 0 Å². The van der Waals surface area contributed by atoms with Gasteiger partial charge in [0.15, 0.2) is 0 Å². The van der Waals surface area contributed by atoms with Gasteiger partial charge in [-0.2, -0.15) is 4.98 Å². The number of hydrogen-bond donors (Lipinski definition) is 1. The Bertz CT molecular complexity index is 409. The quantitative estimate of drug-likeness (QED) is 0.846. The summed E-state index contributed by atoms with van der Waals surface area (Å²) in [5.41, 5.74) is 6.68. The van der Waals surface area contributed by atoms with Gasteiger partial charge in [0.2, 0.25) is 5.95 Å². The van der Waals surface area contributed by atoms with Crippen LogP contribution in [0.1, 0.15) is 25.0 Å². The van der Waals surface area contributed by atoms with Crippen molar-refractivity contribution in [2.75, 3.05) is 36.8 Å². The van der Waals surface area contributed by atoms with Crippen LogP contribution in [0.15, 0.2) is 6.07 Å². The smallest absolute Gasteiger partial charge is 0.222 e. The lowest BCUT2D eigenvalue weighted by Gasteiger charge is -2.22. The third-order valence-electron chi connectivity index (χ3n) is 3.78. The molecule has 5 nitrogen and oxygen atoms in total. The molecule has 0 aromatic carbocycles. The van der Waals surface area contributed by atoms with Gasteiger partial charge in [0.25, 0.3) is 0 Å². The van der Waals surface area contributed by atoms with E-state index in [0.29, 0.717) is 5.95 Å². The number of nitrogens with zero attached hydrogens (tertiary/aromatic N) is 4. The number of anilines is 2. The van der Waals surface area contributed by atoms with Gasteiger partial charge in [-0.05, 0) is 26.2 Å². The van der Waals surface area contributed by atoms with E-state index >= 15 is 0 Å². The standard InChI is InChI=1S/C13H21N5/c1-10-9-12(16-13(14)15-10)18-6-2-5-17(7-8-18)11-3-4-11/h9,11H,2-8H2,1H3,(H2,14,15,16). The third kappa shape index (κ3) is 2.56. The van der Waals surface area contributed by atoms with E-state index in [1.807, 2.05) is 13.0 Å². The van der Waals surface area contributed by atoms with Crippen molar-refractivity contribution in [3.05, 3.63) is 11.8 Å². The van der Waals surface area contributed by atoms with Gasteiger partial charge >= 0.3 is 0 Å². The van der Waals surface area contributed by atoms with Crippen LogP contribution in [0.25, 0.3) is 0 Å². The first kappa shape index (κ1) is 11.7. The van der Waals surface area contributed by atoms with Crippen molar-refractivity contribution in [1.29, 1.82) is 0 Å². The predicted octanol–water partition coefficient (Wildman–Crippen LogP) is 1.04. The van der Waals surface area contributed by atoms with Crippen molar-refractivity contribution >= 4 is 11.8 Å². The van der Waals surface area contributed by atoms with E-state index in [9.17, 15) is 0 Å². The van der Waals surface area contributed by atoms with Crippen molar-refractivity contribution in [1.82, 2.24) is 14.9 Å². The SMILES string of the molecule is Cc1cc(N2CCCN(C3CC3)CC2)nc(N)n1. The third-order valence-corrected chi connectivity index (χ3v) is 3.78. The lowest BCUT2D eigenvalue weighted by atomic mass is 10.3. The van der Waals surface area contributed by atoms with Crippen molar-refractivity contribution < 1.29 is 0 Å². The highest BCUT2D eigenvalue weighted by molar-refractivity contribution is 5.43. The first-order chi connectivity index (χ1) is 8.72. The Morgan fingerprint density at radius 1 is 1.17 bits per heavy atom. The molecule has 18 heavy (non-hydrogen) atoms. The summed E-state index contributed by atoms with van der Waals surface area (Å²) < 4.78 is 0. The second kappa shape index (κ2) is 4.72. The van der Waals surface area contributed by atoms with Gasteiger partial charge in [-0.15, -0.1) is 0 Å². The molecule has 1 aromatic rings. The van der Waals surface area contributed by atoms with Crippen LogP contribution in [0.5, 0.6) is 0 Å². The second-order valence-corrected chi connectivity index (χ2v) is 5.33. The number of aryl methyl sites for hydroxylation is 1. The minimum atomic E-state index is 0.383. The number of rotatable bonds is 2. The minimum absolute atomic E-state index is 0.383. The molecule has 0 unspecified atom stereocenters. The first-order valence-corrected chi connectivity index (χ1v) is 6.82. The maximum atomic E-state index is 5.73. The molecule has 0 amide bonds. The molecule has 1 saturated heterocycles. The molecule has 1 aromatic heterocycles. The molecule has 0 bridgehead atoms. The maximum Gasteiger partial charge on any atom is 0.222 e. The number of nitrogens with two attached hydrogens (primary N) is 1. The Labute approximate surface area is 108 Å². The van der Waals surface area contributed by atoms with E-state index in [-0.39, 0.29) is 0 Å². The van der Waals surface area contributed by atoms with Crippen LogP contribution in [-0.4, -0.2) is 47.1 Å². The number of hydrogen-bond acceptors (Lipinski definition) is 5. The van der Waals surface area contributed by atoms with Gasteiger partial charge in [-0.1, -0.05) is 0 Å². The fraction of sp³-hybridized carbons (Fsp3) is 0.692. The molecule has 3 rings (SSSR count). The van der Waals surface area contributed by atoms with Gasteiger partial charge in [0, 0.05) is 44.0 Å². The average molecular weight is 247 g/mol. The van der Waals surface area contributed by atoms with Crippen molar-refractivity contribution in [3.8, 4) is 0 Å². The summed E-state index contributed by atoms with van der Waals surface area (Å²) in [6.07, 6.45) is 3.98. The summed E-state index contributed by atoms with van der Waals surface area (Å²) in [5.74, 6) is 1.37. The monoisotopic (exact) mass is 247 g/mol. The van der Waals surface area contributed by atoms with Gasteiger partial charge < -0.3 is 10.6 Å². The highest BCUT2D eigenvalue weighted by Crippen LogP contribution is 2.28. The molecule has 1 aliphatic heterocycles.